The van der Waals surface area contributed by atoms with E-state index in [1.807, 2.05) is 76.2 Å². The Hall–Kier alpha value is -8.76. The molecular formula is C56H69N11O11. The van der Waals surface area contributed by atoms with Gasteiger partial charge in [-0.2, -0.15) is 0 Å². The van der Waals surface area contributed by atoms with Crippen LogP contribution in [0.25, 0.3) is 21.8 Å². The van der Waals surface area contributed by atoms with Gasteiger partial charge in [0.15, 0.2) is 0 Å². The first-order valence-electron chi connectivity index (χ1n) is 25.7. The molecule has 7 amide bonds. The normalized spacial score (nSPS) is 13.6. The molecule has 78 heavy (non-hydrogen) atoms. The Bertz CT molecular complexity index is 3050. The van der Waals surface area contributed by atoms with Crippen LogP contribution in [0, 0.1) is 11.8 Å². The summed E-state index contributed by atoms with van der Waals surface area (Å²) in [5.41, 5.74) is 15.7. The van der Waals surface area contributed by atoms with Gasteiger partial charge >= 0.3 is 5.97 Å². The molecule has 0 aliphatic carbocycles. The summed E-state index contributed by atoms with van der Waals surface area (Å²) in [6.45, 7) is 6.16. The van der Waals surface area contributed by atoms with Crippen molar-refractivity contribution >= 4 is 69.1 Å². The number of nitrogens with one attached hydrogen (secondary N) is 10. The van der Waals surface area contributed by atoms with Crippen molar-refractivity contribution < 1.29 is 53.7 Å². The third-order valence-electron chi connectivity index (χ3n) is 12.8. The lowest BCUT2D eigenvalue weighted by Crippen LogP contribution is -2.59. The van der Waals surface area contributed by atoms with Gasteiger partial charge < -0.3 is 62.9 Å². The van der Waals surface area contributed by atoms with E-state index in [0.29, 0.717) is 22.3 Å². The molecular weight excluding hydrogens is 1000 g/mol. The monoisotopic (exact) mass is 1070 g/mol. The summed E-state index contributed by atoms with van der Waals surface area (Å²) in [5, 5.41) is 46.4. The minimum atomic E-state index is -1.36. The molecule has 2 aromatic heterocycles. The van der Waals surface area contributed by atoms with E-state index in [1.165, 1.54) is 36.4 Å². The zero-order chi connectivity index (χ0) is 56.5. The van der Waals surface area contributed by atoms with Crippen molar-refractivity contribution in [3.8, 4) is 11.5 Å². The molecule has 414 valence electrons. The molecule has 0 saturated heterocycles. The zero-order valence-corrected chi connectivity index (χ0v) is 43.9. The van der Waals surface area contributed by atoms with Crippen molar-refractivity contribution in [2.45, 2.75) is 102 Å². The van der Waals surface area contributed by atoms with E-state index in [1.54, 1.807) is 24.5 Å². The van der Waals surface area contributed by atoms with Crippen molar-refractivity contribution in [3.63, 3.8) is 0 Å². The summed E-state index contributed by atoms with van der Waals surface area (Å²) in [5.74, 6) is -6.45. The molecule has 0 fully saturated rings. The van der Waals surface area contributed by atoms with E-state index in [0.717, 1.165) is 21.8 Å². The average Bonchev–Trinajstić information content (AvgIpc) is 4.03. The number of aliphatic carboxylic acids is 1. The number of rotatable bonds is 28. The predicted octanol–water partition coefficient (Wildman–Crippen LogP) is 2.00. The lowest BCUT2D eigenvalue weighted by atomic mass is 10.0. The number of hydrazine groups is 1. The van der Waals surface area contributed by atoms with Crippen molar-refractivity contribution in [1.82, 2.24) is 52.7 Å². The summed E-state index contributed by atoms with van der Waals surface area (Å²) in [7, 11) is 0. The minimum Gasteiger partial charge on any atom is -0.508 e. The second kappa shape index (κ2) is 27.9. The molecule has 0 spiro atoms. The number of carbonyl (C=O) groups excluding carboxylic acids is 7. The summed E-state index contributed by atoms with van der Waals surface area (Å²) in [6.07, 6.45) is 3.73. The van der Waals surface area contributed by atoms with E-state index in [4.69, 9.17) is 5.73 Å². The Morgan fingerprint density at radius 2 is 0.923 bits per heavy atom. The minimum absolute atomic E-state index is 0.0108. The summed E-state index contributed by atoms with van der Waals surface area (Å²) < 4.78 is 0. The number of fused-ring (bicyclic) bond motifs is 2. The maximum absolute atomic E-state index is 14.3. The fraction of sp³-hybridized carbons (Fsp3) is 0.357. The number of H-pyrrole nitrogens is 2. The molecule has 22 nitrogen and oxygen atoms in total. The molecule has 6 aromatic rings. The highest BCUT2D eigenvalue weighted by molar-refractivity contribution is 5.95. The molecule has 0 bridgehead atoms. The van der Waals surface area contributed by atoms with E-state index in [2.05, 4.69) is 52.7 Å². The van der Waals surface area contributed by atoms with Crippen molar-refractivity contribution in [3.05, 3.63) is 132 Å². The number of aromatic hydroxyl groups is 2. The number of hydrogen-bond acceptors (Lipinski definition) is 12. The highest BCUT2D eigenvalue weighted by atomic mass is 16.4. The average molecular weight is 1070 g/mol. The van der Waals surface area contributed by atoms with Gasteiger partial charge in [-0.25, -0.2) is 10.2 Å². The van der Waals surface area contributed by atoms with Gasteiger partial charge in [-0.05, 0) is 89.8 Å². The van der Waals surface area contributed by atoms with E-state index in [9.17, 15) is 53.7 Å². The standard InChI is InChI=1S/C56H69N11O11/c1-31(2)21-44(64-51(72)41(57)23-33-13-17-37(68)18-14-33)52(73)60-29-50(71)63-46(25-35-27-58-42-11-7-5-9-39(35)42)55(76)67-66-47(26-36-28-59-43-12-8-6-10-40(36)43)53(74)61-30-49(70)62-45(22-32(3)4)54(75)65-48(56(77)78)24-34-15-19-38(69)20-16-34/h5-20,27-28,31-32,41,44-48,58-59,66,68-69H,21-26,29-30,57H2,1-4H3,(H,60,73)(H,61,74)(H,62,70)(H,63,71)(H,64,72)(H,65,75)(H,67,76)(H,77,78)/t41-,44+,45+,46-,47-,48-/m0/s1. The fourth-order valence-electron chi connectivity index (χ4n) is 8.78. The van der Waals surface area contributed by atoms with Crippen LogP contribution in [-0.4, -0.2) is 122 Å². The maximum atomic E-state index is 14.3. The SMILES string of the molecule is CC(C)C[C@@H](NC(=O)CNC(=O)[C@H](Cc1c[nH]c2ccccc12)NNC(=O)[C@H](Cc1c[nH]c2ccccc12)NC(=O)CNC(=O)[C@@H](CC(C)C)NC(=O)[C@@H](N)Cc1ccc(O)cc1)C(=O)N[C@@H](Cc1ccc(O)cc1)C(=O)O. The third-order valence-corrected chi connectivity index (χ3v) is 12.8. The Balaban J connectivity index is 1.13. The van der Waals surface area contributed by atoms with Gasteiger partial charge in [0.05, 0.1) is 19.1 Å². The molecule has 6 rings (SSSR count). The van der Waals surface area contributed by atoms with Gasteiger partial charge in [0.25, 0.3) is 5.91 Å². The number of hydrogen-bond donors (Lipinski definition) is 14. The zero-order valence-electron chi connectivity index (χ0n) is 43.9. The second-order valence-electron chi connectivity index (χ2n) is 20.1. The molecule has 4 aromatic carbocycles. The van der Waals surface area contributed by atoms with E-state index < -0.39 is 96.7 Å². The lowest BCUT2D eigenvalue weighted by Gasteiger charge is -2.24. The molecule has 0 saturated carbocycles. The number of carboxylic acid groups (broad SMARTS) is 1. The summed E-state index contributed by atoms with van der Waals surface area (Å²) in [4.78, 5) is 114. The van der Waals surface area contributed by atoms with Crippen LogP contribution < -0.4 is 48.5 Å². The number of amides is 7. The predicted molar refractivity (Wildman–Crippen MR) is 291 cm³/mol. The Kier molecular flexibility index (Phi) is 20.9. The molecule has 22 heteroatoms. The Morgan fingerprint density at radius 3 is 1.42 bits per heavy atom. The quantitative estimate of drug-likeness (QED) is 0.0313. The first-order chi connectivity index (χ1) is 37.2. The number of para-hydroxylation sites is 2. The van der Waals surface area contributed by atoms with Gasteiger partial charge in [-0.15, -0.1) is 0 Å². The molecule has 0 aliphatic heterocycles. The fourth-order valence-corrected chi connectivity index (χ4v) is 8.78. The van der Waals surface area contributed by atoms with Crippen LogP contribution in [0.1, 0.15) is 62.8 Å². The number of aromatic nitrogens is 2. The highest BCUT2D eigenvalue weighted by Gasteiger charge is 2.31. The Morgan fingerprint density at radius 1 is 0.487 bits per heavy atom. The van der Waals surface area contributed by atoms with Gasteiger partial charge in [0, 0.05) is 53.5 Å². The second-order valence-corrected chi connectivity index (χ2v) is 20.1. The largest absolute Gasteiger partial charge is 0.508 e. The van der Waals surface area contributed by atoms with Crippen LogP contribution in [0.5, 0.6) is 11.5 Å². The number of benzene rings is 4. The van der Waals surface area contributed by atoms with Gasteiger partial charge in [-0.3, -0.25) is 39.0 Å². The van der Waals surface area contributed by atoms with Crippen LogP contribution in [0.2, 0.25) is 0 Å². The van der Waals surface area contributed by atoms with Crippen LogP contribution in [0.4, 0.5) is 0 Å². The topological polar surface area (TPSA) is 351 Å². The number of aromatic amines is 2. The molecule has 0 radical (unpaired) electrons. The van der Waals surface area contributed by atoms with Crippen molar-refractivity contribution in [1.29, 1.82) is 0 Å². The van der Waals surface area contributed by atoms with Crippen LogP contribution in [0.3, 0.4) is 0 Å². The highest BCUT2D eigenvalue weighted by Crippen LogP contribution is 2.21. The van der Waals surface area contributed by atoms with Gasteiger partial charge in [0.2, 0.25) is 35.4 Å². The third kappa shape index (κ3) is 17.4. The van der Waals surface area contributed by atoms with Crippen molar-refractivity contribution in [2.24, 2.45) is 17.6 Å². The number of carbonyl (C=O) groups is 8. The number of phenols is 2. The van der Waals surface area contributed by atoms with Crippen LogP contribution in [0.15, 0.2) is 109 Å². The molecule has 2 heterocycles. The summed E-state index contributed by atoms with van der Waals surface area (Å²) >= 11 is 0. The first-order valence-corrected chi connectivity index (χ1v) is 25.7. The molecule has 0 aliphatic rings. The van der Waals surface area contributed by atoms with Crippen LogP contribution in [-0.2, 0) is 64.0 Å². The van der Waals surface area contributed by atoms with Gasteiger partial charge in [0.1, 0.15) is 41.7 Å². The van der Waals surface area contributed by atoms with Crippen molar-refractivity contribution in [2.75, 3.05) is 13.1 Å². The summed E-state index contributed by atoms with van der Waals surface area (Å²) in [6, 6.07) is 19.6. The van der Waals surface area contributed by atoms with Gasteiger partial charge in [-0.1, -0.05) is 88.4 Å². The molecule has 15 N–H and O–H groups in total. The molecule has 6 atom stereocenters. The van der Waals surface area contributed by atoms with Crippen LogP contribution >= 0.6 is 0 Å². The number of carboxylic acids is 1. The lowest BCUT2D eigenvalue weighted by molar-refractivity contribution is -0.142. The molecule has 0 unspecified atom stereocenters. The van der Waals surface area contributed by atoms with E-state index in [-0.39, 0.29) is 61.9 Å². The smallest absolute Gasteiger partial charge is 0.326 e. The number of phenolic OH excluding ortho intramolecular Hbond substituents is 2. The first kappa shape index (κ1) is 58.5. The maximum Gasteiger partial charge on any atom is 0.326 e. The van der Waals surface area contributed by atoms with E-state index >= 15 is 0 Å². The Labute approximate surface area is 450 Å². The number of nitrogens with two attached hydrogens (primary N) is 1.